The summed E-state index contributed by atoms with van der Waals surface area (Å²) in [4.78, 5) is 11.4. The summed E-state index contributed by atoms with van der Waals surface area (Å²) in [6.07, 6.45) is -0.540. The Morgan fingerprint density at radius 3 is 2.40 bits per heavy atom. The van der Waals surface area contributed by atoms with Crippen LogP contribution in [0.3, 0.4) is 0 Å². The number of halogens is 2. The van der Waals surface area contributed by atoms with Crippen molar-refractivity contribution in [2.75, 3.05) is 6.54 Å². The van der Waals surface area contributed by atoms with Gasteiger partial charge in [-0.05, 0) is 20.3 Å². The third-order valence-electron chi connectivity index (χ3n) is 2.08. The summed E-state index contributed by atoms with van der Waals surface area (Å²) in [6.45, 7) is 5.06. The highest BCUT2D eigenvalue weighted by Crippen LogP contribution is 1.96. The van der Waals surface area contributed by atoms with Gasteiger partial charge in [-0.2, -0.15) is 0 Å². The monoisotopic (exact) mass is 222 g/mol. The number of carbonyl (C=O) groups is 1. The highest BCUT2D eigenvalue weighted by Gasteiger charge is 2.15. The Labute approximate surface area is 89.6 Å². The van der Waals surface area contributed by atoms with Crippen LogP contribution in [-0.4, -0.2) is 31.0 Å². The van der Waals surface area contributed by atoms with Crippen molar-refractivity contribution in [2.45, 2.75) is 52.1 Å². The van der Waals surface area contributed by atoms with E-state index in [2.05, 4.69) is 10.6 Å². The van der Waals surface area contributed by atoms with Gasteiger partial charge in [0.05, 0.1) is 12.6 Å². The van der Waals surface area contributed by atoms with E-state index in [1.165, 1.54) is 0 Å². The summed E-state index contributed by atoms with van der Waals surface area (Å²) >= 11 is 0. The van der Waals surface area contributed by atoms with Gasteiger partial charge in [0.1, 0.15) is 0 Å². The predicted octanol–water partition coefficient (Wildman–Crippen LogP) is 1.53. The lowest BCUT2D eigenvalue weighted by molar-refractivity contribution is -0.123. The maximum absolute atomic E-state index is 11.8. The molecule has 0 fully saturated rings. The molecule has 90 valence electrons. The van der Waals surface area contributed by atoms with Crippen LogP contribution in [0.1, 0.15) is 33.6 Å². The number of hydrogen-bond donors (Lipinski definition) is 2. The van der Waals surface area contributed by atoms with Crippen molar-refractivity contribution < 1.29 is 13.6 Å². The van der Waals surface area contributed by atoms with Crippen LogP contribution < -0.4 is 10.6 Å². The lowest BCUT2D eigenvalue weighted by Crippen LogP contribution is -2.46. The van der Waals surface area contributed by atoms with Crippen LogP contribution in [0.15, 0.2) is 0 Å². The molecule has 0 bridgehead atoms. The topological polar surface area (TPSA) is 41.1 Å². The molecule has 2 N–H and O–H groups in total. The average molecular weight is 222 g/mol. The van der Waals surface area contributed by atoms with E-state index in [1.807, 2.05) is 13.8 Å². The maximum atomic E-state index is 11.8. The molecule has 0 saturated heterocycles. The summed E-state index contributed by atoms with van der Waals surface area (Å²) in [5.41, 5.74) is 0. The first-order valence-corrected chi connectivity index (χ1v) is 5.29. The van der Waals surface area contributed by atoms with Gasteiger partial charge < -0.3 is 10.6 Å². The number of hydrogen-bond acceptors (Lipinski definition) is 2. The van der Waals surface area contributed by atoms with Crippen LogP contribution in [0.2, 0.25) is 0 Å². The summed E-state index contributed by atoms with van der Waals surface area (Å²) in [5, 5.41) is 5.23. The molecule has 1 amide bonds. The number of nitrogens with one attached hydrogen (secondary N) is 2. The summed E-state index contributed by atoms with van der Waals surface area (Å²) < 4.78 is 23.7. The average Bonchev–Trinajstić information content (AvgIpc) is 2.14. The largest absolute Gasteiger partial charge is 0.352 e. The second-order valence-electron chi connectivity index (χ2n) is 3.72. The molecular formula is C10H20F2N2O. The Morgan fingerprint density at radius 1 is 1.33 bits per heavy atom. The van der Waals surface area contributed by atoms with Crippen LogP contribution in [0.25, 0.3) is 0 Å². The minimum atomic E-state index is -2.42. The van der Waals surface area contributed by atoms with Crippen molar-refractivity contribution in [3.63, 3.8) is 0 Å². The molecule has 0 aliphatic heterocycles. The molecule has 0 heterocycles. The van der Waals surface area contributed by atoms with Gasteiger partial charge in [0, 0.05) is 6.04 Å². The van der Waals surface area contributed by atoms with E-state index < -0.39 is 19.0 Å². The van der Waals surface area contributed by atoms with Gasteiger partial charge in [0.15, 0.2) is 0 Å². The maximum Gasteiger partial charge on any atom is 0.250 e. The van der Waals surface area contributed by atoms with Crippen LogP contribution in [0.4, 0.5) is 8.78 Å². The van der Waals surface area contributed by atoms with Crippen molar-refractivity contribution in [3.05, 3.63) is 0 Å². The van der Waals surface area contributed by atoms with Gasteiger partial charge in [-0.1, -0.05) is 13.3 Å². The molecule has 0 aromatic rings. The molecule has 0 saturated carbocycles. The van der Waals surface area contributed by atoms with Gasteiger partial charge in [0.25, 0.3) is 6.43 Å². The van der Waals surface area contributed by atoms with E-state index in [0.717, 1.165) is 12.8 Å². The Bertz CT molecular complexity index is 188. The van der Waals surface area contributed by atoms with Crippen molar-refractivity contribution in [2.24, 2.45) is 0 Å². The lowest BCUT2D eigenvalue weighted by atomic mass is 10.2. The predicted molar refractivity (Wildman–Crippen MR) is 56.0 cm³/mol. The van der Waals surface area contributed by atoms with Crippen molar-refractivity contribution >= 4 is 5.91 Å². The van der Waals surface area contributed by atoms with Crippen LogP contribution in [0.5, 0.6) is 0 Å². The van der Waals surface area contributed by atoms with Gasteiger partial charge in [0.2, 0.25) is 5.91 Å². The quantitative estimate of drug-likeness (QED) is 0.686. The fourth-order valence-electron chi connectivity index (χ4n) is 1.23. The summed E-state index contributed by atoms with van der Waals surface area (Å²) in [6, 6.07) is -0.475. The van der Waals surface area contributed by atoms with E-state index in [9.17, 15) is 13.6 Å². The van der Waals surface area contributed by atoms with E-state index in [0.29, 0.717) is 0 Å². The number of carbonyl (C=O) groups excluding carboxylic acids is 1. The number of rotatable bonds is 7. The molecule has 0 radical (unpaired) electrons. The molecule has 5 heteroatoms. The minimum absolute atomic E-state index is 0.0956. The second kappa shape index (κ2) is 7.56. The van der Waals surface area contributed by atoms with Gasteiger partial charge in [-0.25, -0.2) is 8.78 Å². The summed E-state index contributed by atoms with van der Waals surface area (Å²) in [5.74, 6) is -0.225. The van der Waals surface area contributed by atoms with Crippen LogP contribution in [-0.2, 0) is 4.79 Å². The molecule has 3 nitrogen and oxygen atoms in total. The summed E-state index contributed by atoms with van der Waals surface area (Å²) in [7, 11) is 0. The van der Waals surface area contributed by atoms with Crippen LogP contribution >= 0.6 is 0 Å². The molecule has 0 aliphatic rings. The van der Waals surface area contributed by atoms with Crippen molar-refractivity contribution in [1.82, 2.24) is 10.6 Å². The van der Waals surface area contributed by atoms with Gasteiger partial charge >= 0.3 is 0 Å². The van der Waals surface area contributed by atoms with Gasteiger partial charge in [-0.3, -0.25) is 4.79 Å². The zero-order valence-electron chi connectivity index (χ0n) is 9.52. The van der Waals surface area contributed by atoms with E-state index in [-0.39, 0.29) is 11.9 Å². The smallest absolute Gasteiger partial charge is 0.250 e. The minimum Gasteiger partial charge on any atom is -0.352 e. The lowest BCUT2D eigenvalue weighted by Gasteiger charge is -2.17. The fourth-order valence-corrected chi connectivity index (χ4v) is 1.23. The van der Waals surface area contributed by atoms with Crippen LogP contribution in [0, 0.1) is 0 Å². The first-order chi connectivity index (χ1) is 6.97. The molecule has 0 spiro atoms. The highest BCUT2D eigenvalue weighted by molar-refractivity contribution is 5.81. The molecule has 0 aromatic carbocycles. The number of alkyl halides is 2. The van der Waals surface area contributed by atoms with Crippen molar-refractivity contribution in [1.29, 1.82) is 0 Å². The fraction of sp³-hybridized carbons (Fsp3) is 0.900. The molecule has 0 aliphatic carbocycles. The molecule has 0 rings (SSSR count). The zero-order valence-corrected chi connectivity index (χ0v) is 9.52. The molecule has 15 heavy (non-hydrogen) atoms. The Kier molecular flexibility index (Phi) is 7.21. The van der Waals surface area contributed by atoms with E-state index >= 15 is 0 Å². The van der Waals surface area contributed by atoms with E-state index in [1.54, 1.807) is 6.92 Å². The zero-order chi connectivity index (χ0) is 11.8. The third-order valence-corrected chi connectivity index (χ3v) is 2.08. The first-order valence-electron chi connectivity index (χ1n) is 5.29. The first kappa shape index (κ1) is 14.3. The Hall–Kier alpha value is -0.710. The standard InChI is InChI=1S/C10H20F2N2O/c1-4-5-7(2)14-10(15)8(3)13-6-9(11)12/h7-9,13H,4-6H2,1-3H3,(H,14,15). The Morgan fingerprint density at radius 2 is 1.93 bits per heavy atom. The molecule has 0 aromatic heterocycles. The third kappa shape index (κ3) is 7.25. The molecular weight excluding hydrogens is 202 g/mol. The number of amides is 1. The normalized spacial score (nSPS) is 15.1. The van der Waals surface area contributed by atoms with Crippen molar-refractivity contribution in [3.8, 4) is 0 Å². The Balaban J connectivity index is 3.78. The highest BCUT2D eigenvalue weighted by atomic mass is 19.3. The van der Waals surface area contributed by atoms with Gasteiger partial charge in [-0.15, -0.1) is 0 Å². The molecule has 2 atom stereocenters. The second-order valence-corrected chi connectivity index (χ2v) is 3.72. The molecule has 2 unspecified atom stereocenters. The SMILES string of the molecule is CCCC(C)NC(=O)C(C)NCC(F)F. The van der Waals surface area contributed by atoms with E-state index in [4.69, 9.17) is 0 Å².